The highest BCUT2D eigenvalue weighted by Gasteiger charge is 2.43. The van der Waals surface area contributed by atoms with Crippen LogP contribution in [-0.2, 0) is 23.1 Å². The number of rotatable bonds is 6. The molecule has 44 heavy (non-hydrogen) atoms. The number of piperazine rings is 1. The maximum Gasteiger partial charge on any atom is 0.318 e. The highest BCUT2D eigenvalue weighted by molar-refractivity contribution is 6.32. The molecule has 1 amide bonds. The van der Waals surface area contributed by atoms with Crippen LogP contribution in [0, 0.1) is 11.3 Å². The number of hydrogen-bond donors (Lipinski definition) is 0. The molecule has 10 heteroatoms. The van der Waals surface area contributed by atoms with Gasteiger partial charge < -0.3 is 14.5 Å². The molecular formula is C34H38ClFN6O2. The van der Waals surface area contributed by atoms with Crippen molar-refractivity contribution in [2.75, 3.05) is 37.7 Å². The van der Waals surface area contributed by atoms with Crippen molar-refractivity contribution in [3.05, 3.63) is 64.1 Å². The number of ether oxygens (including phenoxy) is 1. The second-order valence-corrected chi connectivity index (χ2v) is 13.4. The van der Waals surface area contributed by atoms with Crippen LogP contribution in [0.4, 0.5) is 10.2 Å². The monoisotopic (exact) mass is 616 g/mol. The zero-order valence-corrected chi connectivity index (χ0v) is 26.0. The smallest absolute Gasteiger partial charge is 0.318 e. The topological polar surface area (TPSA) is 85.6 Å². The van der Waals surface area contributed by atoms with Gasteiger partial charge in [0.1, 0.15) is 12.4 Å². The average molecular weight is 617 g/mol. The van der Waals surface area contributed by atoms with Crippen molar-refractivity contribution in [3.63, 3.8) is 0 Å². The van der Waals surface area contributed by atoms with Crippen molar-refractivity contribution in [3.8, 4) is 12.1 Å². The number of anilines is 1. The second kappa shape index (κ2) is 11.5. The van der Waals surface area contributed by atoms with Gasteiger partial charge in [-0.25, -0.2) is 4.39 Å². The first-order chi connectivity index (χ1) is 21.3. The van der Waals surface area contributed by atoms with Crippen LogP contribution in [0.15, 0.2) is 36.7 Å². The van der Waals surface area contributed by atoms with Crippen molar-refractivity contribution in [2.24, 2.45) is 0 Å². The van der Waals surface area contributed by atoms with Crippen molar-refractivity contribution < 1.29 is 13.9 Å². The Morgan fingerprint density at radius 3 is 2.91 bits per heavy atom. The number of fused-ring (bicyclic) bond motifs is 4. The quantitative estimate of drug-likeness (QED) is 0.402. The minimum Gasteiger partial charge on any atom is -0.462 e. The lowest BCUT2D eigenvalue weighted by atomic mass is 9.70. The highest BCUT2D eigenvalue weighted by Crippen LogP contribution is 2.51. The summed E-state index contributed by atoms with van der Waals surface area (Å²) in [5.41, 5.74) is 5.40. The fourth-order valence-electron chi connectivity index (χ4n) is 8.52. The molecule has 1 spiro atoms. The Hall–Kier alpha value is -3.48. The summed E-state index contributed by atoms with van der Waals surface area (Å²) in [5, 5.41) is 10.3. The first kappa shape index (κ1) is 29.2. The van der Waals surface area contributed by atoms with Crippen LogP contribution in [-0.4, -0.2) is 76.6 Å². The van der Waals surface area contributed by atoms with Gasteiger partial charge in [-0.2, -0.15) is 15.2 Å². The lowest BCUT2D eigenvalue weighted by Gasteiger charge is -2.42. The highest BCUT2D eigenvalue weighted by atomic mass is 35.5. The molecule has 3 aliphatic heterocycles. The van der Waals surface area contributed by atoms with E-state index in [1.807, 2.05) is 12.1 Å². The van der Waals surface area contributed by atoms with E-state index in [0.29, 0.717) is 44.2 Å². The molecule has 0 saturated carbocycles. The van der Waals surface area contributed by atoms with E-state index in [0.717, 1.165) is 53.5 Å². The normalized spacial score (nSPS) is 27.5. The molecule has 7 rings (SSSR count). The largest absolute Gasteiger partial charge is 0.462 e. The number of nitrogens with zero attached hydrogens (tertiary/aromatic N) is 6. The first-order valence-corrected chi connectivity index (χ1v) is 16.2. The zero-order chi connectivity index (χ0) is 30.6. The molecule has 0 radical (unpaired) electrons. The lowest BCUT2D eigenvalue weighted by molar-refractivity contribution is -0.131. The van der Waals surface area contributed by atoms with Gasteiger partial charge in [0.2, 0.25) is 0 Å². The van der Waals surface area contributed by atoms with Crippen LogP contribution in [0.5, 0.6) is 6.01 Å². The molecule has 8 nitrogen and oxygen atoms in total. The van der Waals surface area contributed by atoms with Crippen molar-refractivity contribution in [2.45, 2.75) is 81.8 Å². The van der Waals surface area contributed by atoms with Gasteiger partial charge in [0.15, 0.2) is 5.83 Å². The molecule has 0 bridgehead atoms. The van der Waals surface area contributed by atoms with Crippen molar-refractivity contribution in [1.82, 2.24) is 19.8 Å². The molecule has 1 aromatic carbocycles. The van der Waals surface area contributed by atoms with E-state index in [-0.39, 0.29) is 18.4 Å². The van der Waals surface area contributed by atoms with Crippen LogP contribution >= 0.6 is 11.6 Å². The summed E-state index contributed by atoms with van der Waals surface area (Å²) >= 11 is 6.68. The van der Waals surface area contributed by atoms with Crippen LogP contribution in [0.2, 0.25) is 5.02 Å². The minimum atomic E-state index is -1.01. The molecule has 230 valence electrons. The number of hydrogen-bond acceptors (Lipinski definition) is 7. The lowest BCUT2D eigenvalue weighted by Crippen LogP contribution is -2.55. The molecule has 4 atom stereocenters. The van der Waals surface area contributed by atoms with Crippen LogP contribution in [0.3, 0.4) is 0 Å². The predicted molar refractivity (Wildman–Crippen MR) is 167 cm³/mol. The van der Waals surface area contributed by atoms with Crippen LogP contribution < -0.4 is 9.64 Å². The van der Waals surface area contributed by atoms with Gasteiger partial charge in [-0.05, 0) is 74.8 Å². The van der Waals surface area contributed by atoms with E-state index in [1.54, 1.807) is 0 Å². The predicted octanol–water partition coefficient (Wildman–Crippen LogP) is 5.39. The molecule has 5 aliphatic rings. The van der Waals surface area contributed by atoms with E-state index < -0.39 is 17.8 Å². The molecule has 0 N–H and O–H groups in total. The summed E-state index contributed by atoms with van der Waals surface area (Å²) in [6.07, 6.45) is 9.67. The third-order valence-electron chi connectivity index (χ3n) is 10.5. The second-order valence-electron chi connectivity index (χ2n) is 13.0. The number of carbonyl (C=O) groups excluding carboxylic acids is 1. The Bertz CT molecular complexity index is 1590. The maximum absolute atomic E-state index is 13.9. The molecule has 3 fully saturated rings. The van der Waals surface area contributed by atoms with Gasteiger partial charge in [-0.3, -0.25) is 9.69 Å². The standard InChI is InChI=1S/C34H38ClFN6O2/c1-21-17-34(27-6-3-7-28(35)30(21)27)12-10-26-29(18-34)38-33(44-20-25-9-8-23-5-4-14-41(23)25)39-31(26)40-15-16-42(32(43)22(2)36)24(19-40)11-13-37/h3,6-7,17,23-25H,2,4-5,8-12,14-16,18-20H2,1H3/t23?,24-,25?,34+/m0/s1. The summed E-state index contributed by atoms with van der Waals surface area (Å²) in [5.74, 6) is -0.961. The summed E-state index contributed by atoms with van der Waals surface area (Å²) < 4.78 is 20.3. The van der Waals surface area contributed by atoms with Gasteiger partial charge in [0, 0.05) is 54.1 Å². The Kier molecular flexibility index (Phi) is 7.62. The Morgan fingerprint density at radius 2 is 2.09 bits per heavy atom. The maximum atomic E-state index is 13.9. The van der Waals surface area contributed by atoms with Crippen LogP contribution in [0.25, 0.3) is 5.57 Å². The number of carbonyl (C=O) groups is 1. The van der Waals surface area contributed by atoms with Crippen molar-refractivity contribution >= 4 is 28.9 Å². The molecule has 2 unspecified atom stereocenters. The molecule has 2 aromatic rings. The number of amides is 1. The molecule has 1 aromatic heterocycles. The minimum absolute atomic E-state index is 0.0928. The van der Waals surface area contributed by atoms with Gasteiger partial charge in [0.05, 0.1) is 24.2 Å². The molecular weight excluding hydrogens is 579 g/mol. The van der Waals surface area contributed by atoms with Crippen molar-refractivity contribution in [1.29, 1.82) is 5.26 Å². The molecule has 2 aliphatic carbocycles. The Labute approximate surface area is 263 Å². The summed E-state index contributed by atoms with van der Waals surface area (Å²) in [6, 6.07) is 9.28. The first-order valence-electron chi connectivity index (χ1n) is 15.8. The van der Waals surface area contributed by atoms with E-state index in [1.165, 1.54) is 35.3 Å². The number of allylic oxidation sites excluding steroid dienone is 2. The number of aromatic nitrogens is 2. The molecule has 3 saturated heterocycles. The van der Waals surface area contributed by atoms with E-state index in [4.69, 9.17) is 26.3 Å². The van der Waals surface area contributed by atoms with Crippen LogP contribution in [0.1, 0.15) is 67.8 Å². The zero-order valence-electron chi connectivity index (χ0n) is 25.2. The number of halogens is 2. The van der Waals surface area contributed by atoms with E-state index in [9.17, 15) is 14.4 Å². The average Bonchev–Trinajstić information content (AvgIpc) is 3.70. The Morgan fingerprint density at radius 1 is 1.23 bits per heavy atom. The van der Waals surface area contributed by atoms with Gasteiger partial charge in [-0.15, -0.1) is 0 Å². The SMILES string of the molecule is C=C(F)C(=O)N1CCN(c2nc(OCC3CCC4CCCN43)nc3c2CC[C@@]2(C=C(C)c4c(Cl)cccc42)C3)C[C@@H]1CC#N. The van der Waals surface area contributed by atoms with Gasteiger partial charge >= 0.3 is 6.01 Å². The third kappa shape index (κ3) is 4.96. The summed E-state index contributed by atoms with van der Waals surface area (Å²) in [6.45, 7) is 8.11. The Balaban J connectivity index is 1.23. The van der Waals surface area contributed by atoms with Gasteiger partial charge in [0.25, 0.3) is 5.91 Å². The van der Waals surface area contributed by atoms with E-state index >= 15 is 0 Å². The summed E-state index contributed by atoms with van der Waals surface area (Å²) in [7, 11) is 0. The van der Waals surface area contributed by atoms with Gasteiger partial charge in [-0.1, -0.05) is 36.4 Å². The number of nitriles is 1. The number of benzene rings is 1. The fraction of sp³-hybridized carbons (Fsp3) is 0.529. The van der Waals surface area contributed by atoms with E-state index in [2.05, 4.69) is 41.5 Å². The third-order valence-corrected chi connectivity index (χ3v) is 10.8. The fourth-order valence-corrected chi connectivity index (χ4v) is 8.84. The summed E-state index contributed by atoms with van der Waals surface area (Å²) in [4.78, 5) is 28.8. The molecule has 4 heterocycles.